The Morgan fingerprint density at radius 3 is 2.17 bits per heavy atom. The summed E-state index contributed by atoms with van der Waals surface area (Å²) in [5.41, 5.74) is -0.138. The van der Waals surface area contributed by atoms with Gasteiger partial charge in [-0.3, -0.25) is 0 Å². The van der Waals surface area contributed by atoms with Crippen LogP contribution in [0.1, 0.15) is 34.1 Å². The van der Waals surface area contributed by atoms with Gasteiger partial charge in [0.15, 0.2) is 0 Å². The zero-order valence-corrected chi connectivity index (χ0v) is 9.27. The summed E-state index contributed by atoms with van der Waals surface area (Å²) in [5.74, 6) is 1.86. The molecule has 1 rings (SSSR count). The molecule has 12 heavy (non-hydrogen) atoms. The van der Waals surface area contributed by atoms with Gasteiger partial charge in [-0.2, -0.15) is 0 Å². The van der Waals surface area contributed by atoms with Crippen LogP contribution in [-0.4, -0.2) is 15.8 Å². The molecule has 5 atom stereocenters. The molecule has 0 aromatic carbocycles. The molecular formula is C10H20OS. The molecule has 1 nitrogen and oxygen atoms in total. The van der Waals surface area contributed by atoms with E-state index in [2.05, 4.69) is 27.7 Å². The summed E-state index contributed by atoms with van der Waals surface area (Å²) in [6.45, 7) is 8.95. The SMILES string of the molecule is CC[C@@H]1SC(O)[C@H](C)[C@@H](C)[C@@H]1C. The van der Waals surface area contributed by atoms with E-state index in [9.17, 15) is 5.11 Å². The number of thioether (sulfide) groups is 1. The van der Waals surface area contributed by atoms with Gasteiger partial charge in [0.25, 0.3) is 0 Å². The molecule has 0 amide bonds. The molecule has 1 heterocycles. The number of rotatable bonds is 1. The molecule has 0 aromatic rings. The summed E-state index contributed by atoms with van der Waals surface area (Å²) >= 11 is 1.76. The number of hydrogen-bond acceptors (Lipinski definition) is 2. The van der Waals surface area contributed by atoms with Gasteiger partial charge in [-0.05, 0) is 24.2 Å². The molecule has 0 spiro atoms. The molecule has 0 saturated carbocycles. The van der Waals surface area contributed by atoms with E-state index in [1.54, 1.807) is 11.8 Å². The van der Waals surface area contributed by atoms with Gasteiger partial charge in [0.1, 0.15) is 5.44 Å². The highest BCUT2D eigenvalue weighted by atomic mass is 32.2. The molecule has 0 aromatic heterocycles. The van der Waals surface area contributed by atoms with E-state index in [1.165, 1.54) is 6.42 Å². The first-order valence-electron chi connectivity index (χ1n) is 4.91. The second-order valence-electron chi connectivity index (χ2n) is 4.05. The lowest BCUT2D eigenvalue weighted by Gasteiger charge is -2.40. The molecular weight excluding hydrogens is 168 g/mol. The van der Waals surface area contributed by atoms with Crippen LogP contribution in [-0.2, 0) is 0 Å². The van der Waals surface area contributed by atoms with Crippen molar-refractivity contribution in [1.29, 1.82) is 0 Å². The van der Waals surface area contributed by atoms with Crippen LogP contribution in [0.15, 0.2) is 0 Å². The van der Waals surface area contributed by atoms with Crippen LogP contribution >= 0.6 is 11.8 Å². The Hall–Kier alpha value is 0.310. The minimum Gasteiger partial charge on any atom is -0.382 e. The first kappa shape index (κ1) is 10.4. The van der Waals surface area contributed by atoms with Crippen LogP contribution in [0.25, 0.3) is 0 Å². The minimum atomic E-state index is -0.138. The van der Waals surface area contributed by atoms with Crippen LogP contribution in [0.3, 0.4) is 0 Å². The average Bonchev–Trinajstić information content (AvgIpc) is 2.08. The van der Waals surface area contributed by atoms with Crippen LogP contribution in [0.2, 0.25) is 0 Å². The van der Waals surface area contributed by atoms with E-state index in [0.717, 1.165) is 5.92 Å². The number of aliphatic hydroxyl groups is 1. The van der Waals surface area contributed by atoms with E-state index < -0.39 is 0 Å². The van der Waals surface area contributed by atoms with Crippen molar-refractivity contribution in [2.24, 2.45) is 17.8 Å². The topological polar surface area (TPSA) is 20.2 Å². The zero-order valence-electron chi connectivity index (χ0n) is 8.45. The summed E-state index contributed by atoms with van der Waals surface area (Å²) in [6.07, 6.45) is 1.18. The van der Waals surface area contributed by atoms with E-state index in [-0.39, 0.29) is 5.44 Å². The molecule has 1 aliphatic rings. The Labute approximate surface area is 79.9 Å². The van der Waals surface area contributed by atoms with E-state index in [0.29, 0.717) is 17.1 Å². The summed E-state index contributed by atoms with van der Waals surface area (Å²) in [4.78, 5) is 0. The Kier molecular flexibility index (Phi) is 3.47. The number of hydrogen-bond donors (Lipinski definition) is 1. The maximum absolute atomic E-state index is 9.73. The maximum Gasteiger partial charge on any atom is 0.102 e. The Morgan fingerprint density at radius 1 is 1.08 bits per heavy atom. The molecule has 1 saturated heterocycles. The predicted octanol–water partition coefficient (Wildman–Crippen LogP) is 2.74. The summed E-state index contributed by atoms with van der Waals surface area (Å²) in [5, 5.41) is 10.4. The average molecular weight is 188 g/mol. The Morgan fingerprint density at radius 2 is 1.67 bits per heavy atom. The molecule has 0 aliphatic carbocycles. The molecule has 1 unspecified atom stereocenters. The van der Waals surface area contributed by atoms with Crippen molar-refractivity contribution in [1.82, 2.24) is 0 Å². The van der Waals surface area contributed by atoms with Gasteiger partial charge in [0.05, 0.1) is 0 Å². The number of aliphatic hydroxyl groups excluding tert-OH is 1. The summed E-state index contributed by atoms with van der Waals surface area (Å²) < 4.78 is 0. The fourth-order valence-electron chi connectivity index (χ4n) is 1.97. The third-order valence-corrected chi connectivity index (χ3v) is 5.23. The van der Waals surface area contributed by atoms with Gasteiger partial charge in [-0.25, -0.2) is 0 Å². The second-order valence-corrected chi connectivity index (χ2v) is 5.41. The van der Waals surface area contributed by atoms with Crippen molar-refractivity contribution in [2.75, 3.05) is 0 Å². The van der Waals surface area contributed by atoms with Gasteiger partial charge >= 0.3 is 0 Å². The lowest BCUT2D eigenvalue weighted by molar-refractivity contribution is 0.121. The quantitative estimate of drug-likeness (QED) is 0.683. The van der Waals surface area contributed by atoms with Crippen molar-refractivity contribution in [3.05, 3.63) is 0 Å². The Balaban J connectivity index is 2.63. The third kappa shape index (κ3) is 1.80. The molecule has 0 radical (unpaired) electrons. The highest BCUT2D eigenvalue weighted by Gasteiger charge is 2.36. The van der Waals surface area contributed by atoms with Gasteiger partial charge < -0.3 is 5.11 Å². The first-order chi connectivity index (χ1) is 5.57. The van der Waals surface area contributed by atoms with E-state index in [1.807, 2.05) is 0 Å². The van der Waals surface area contributed by atoms with Crippen molar-refractivity contribution in [3.63, 3.8) is 0 Å². The van der Waals surface area contributed by atoms with Crippen molar-refractivity contribution < 1.29 is 5.11 Å². The van der Waals surface area contributed by atoms with Gasteiger partial charge in [-0.1, -0.05) is 27.7 Å². The standard InChI is InChI=1S/C10H20OS/c1-5-9-7(3)6(2)8(4)10(11)12-9/h6-11H,5H2,1-4H3/t6-,7-,8+,9-,10?/m0/s1. The lowest BCUT2D eigenvalue weighted by Crippen LogP contribution is -2.37. The second kappa shape index (κ2) is 4.01. The summed E-state index contributed by atoms with van der Waals surface area (Å²) in [7, 11) is 0. The molecule has 72 valence electrons. The largest absolute Gasteiger partial charge is 0.382 e. The molecule has 1 aliphatic heterocycles. The smallest absolute Gasteiger partial charge is 0.102 e. The molecule has 1 fully saturated rings. The third-order valence-electron chi connectivity index (χ3n) is 3.41. The van der Waals surface area contributed by atoms with Crippen molar-refractivity contribution in [3.8, 4) is 0 Å². The van der Waals surface area contributed by atoms with Crippen LogP contribution in [0.5, 0.6) is 0 Å². The van der Waals surface area contributed by atoms with Gasteiger partial charge in [-0.15, -0.1) is 11.8 Å². The molecule has 1 N–H and O–H groups in total. The molecule has 0 bridgehead atoms. The predicted molar refractivity (Wildman–Crippen MR) is 55.2 cm³/mol. The minimum absolute atomic E-state index is 0.138. The highest BCUT2D eigenvalue weighted by molar-refractivity contribution is 8.00. The molecule has 2 heteroatoms. The van der Waals surface area contributed by atoms with Crippen LogP contribution < -0.4 is 0 Å². The van der Waals surface area contributed by atoms with E-state index >= 15 is 0 Å². The fourth-order valence-corrected chi connectivity index (χ4v) is 3.51. The monoisotopic (exact) mass is 188 g/mol. The fraction of sp³-hybridized carbons (Fsp3) is 1.00. The first-order valence-corrected chi connectivity index (χ1v) is 5.85. The summed E-state index contributed by atoms with van der Waals surface area (Å²) in [6, 6.07) is 0. The lowest BCUT2D eigenvalue weighted by atomic mass is 9.82. The van der Waals surface area contributed by atoms with Gasteiger partial charge in [0.2, 0.25) is 0 Å². The highest BCUT2D eigenvalue weighted by Crippen LogP contribution is 2.43. The normalized spacial score (nSPS) is 49.2. The Bertz CT molecular complexity index is 144. The van der Waals surface area contributed by atoms with Crippen LogP contribution in [0, 0.1) is 17.8 Å². The van der Waals surface area contributed by atoms with E-state index in [4.69, 9.17) is 0 Å². The van der Waals surface area contributed by atoms with Gasteiger partial charge in [0, 0.05) is 5.25 Å². The van der Waals surface area contributed by atoms with Crippen molar-refractivity contribution in [2.45, 2.75) is 44.8 Å². The van der Waals surface area contributed by atoms with Crippen molar-refractivity contribution >= 4 is 11.8 Å². The zero-order chi connectivity index (χ0) is 9.30. The maximum atomic E-state index is 9.73. The van der Waals surface area contributed by atoms with Crippen LogP contribution in [0.4, 0.5) is 0 Å².